The maximum Gasteiger partial charge on any atom is 0.346 e. The Balaban J connectivity index is 3.08. The van der Waals surface area contributed by atoms with E-state index in [2.05, 4.69) is 0 Å². The molecule has 0 aliphatic carbocycles. The van der Waals surface area contributed by atoms with Gasteiger partial charge in [-0.25, -0.2) is 9.18 Å². The molecule has 0 bridgehead atoms. The van der Waals surface area contributed by atoms with Gasteiger partial charge in [-0.05, 0) is 23.8 Å². The Bertz CT molecular complexity index is 432. The molecule has 0 aliphatic heterocycles. The van der Waals surface area contributed by atoms with Gasteiger partial charge >= 0.3 is 5.97 Å². The molecule has 4 heteroatoms. The number of hydrogen-bond donors (Lipinski definition) is 1. The molecule has 1 rings (SSSR count). The van der Waals surface area contributed by atoms with E-state index in [4.69, 9.17) is 10.4 Å². The second kappa shape index (κ2) is 4.19. The van der Waals surface area contributed by atoms with E-state index in [1.54, 1.807) is 0 Å². The van der Waals surface area contributed by atoms with Gasteiger partial charge in [0.2, 0.25) is 0 Å². The molecule has 1 N–H and O–H groups in total. The molecule has 0 aromatic heterocycles. The highest BCUT2D eigenvalue weighted by Gasteiger charge is 2.05. The van der Waals surface area contributed by atoms with E-state index in [1.807, 2.05) is 0 Å². The first-order chi connectivity index (χ1) is 6.63. The van der Waals surface area contributed by atoms with Crippen molar-refractivity contribution in [2.75, 3.05) is 0 Å². The fraction of sp³-hybridized carbons (Fsp3) is 0. The van der Waals surface area contributed by atoms with Crippen LogP contribution in [-0.4, -0.2) is 11.1 Å². The van der Waals surface area contributed by atoms with E-state index in [1.165, 1.54) is 24.3 Å². The summed E-state index contributed by atoms with van der Waals surface area (Å²) in [6.45, 7) is 0. The average Bonchev–Trinajstić information content (AvgIpc) is 2.14. The number of nitrogens with zero attached hydrogens (tertiary/aromatic N) is 1. The van der Waals surface area contributed by atoms with E-state index in [9.17, 15) is 9.18 Å². The van der Waals surface area contributed by atoms with Gasteiger partial charge in [-0.1, -0.05) is 12.1 Å². The number of halogens is 1. The summed E-state index contributed by atoms with van der Waals surface area (Å²) in [5.74, 6) is -1.79. The number of carbonyl (C=O) groups is 1. The van der Waals surface area contributed by atoms with E-state index in [0.29, 0.717) is 5.56 Å². The van der Waals surface area contributed by atoms with Crippen LogP contribution in [-0.2, 0) is 4.79 Å². The molecule has 14 heavy (non-hydrogen) atoms. The maximum atomic E-state index is 12.7. The molecule has 1 aromatic rings. The Kier molecular flexibility index (Phi) is 2.97. The molecule has 0 aliphatic rings. The largest absolute Gasteiger partial charge is 0.477 e. The van der Waals surface area contributed by atoms with Gasteiger partial charge in [-0.3, -0.25) is 0 Å². The molecule has 0 heterocycles. The molecular weight excluding hydrogens is 185 g/mol. The van der Waals surface area contributed by atoms with Gasteiger partial charge in [0.25, 0.3) is 0 Å². The molecule has 70 valence electrons. The molecule has 0 spiro atoms. The number of nitriles is 1. The fourth-order valence-corrected chi connectivity index (χ4v) is 0.905. The second-order valence-electron chi connectivity index (χ2n) is 2.53. The molecule has 0 atom stereocenters. The zero-order chi connectivity index (χ0) is 10.6. The van der Waals surface area contributed by atoms with Crippen molar-refractivity contribution in [2.45, 2.75) is 0 Å². The third kappa shape index (κ3) is 2.42. The highest BCUT2D eigenvalue weighted by molar-refractivity contribution is 5.96. The summed E-state index contributed by atoms with van der Waals surface area (Å²) in [4.78, 5) is 10.4. The van der Waals surface area contributed by atoms with Crippen LogP contribution >= 0.6 is 0 Å². The van der Waals surface area contributed by atoms with Crippen molar-refractivity contribution < 1.29 is 14.3 Å². The van der Waals surface area contributed by atoms with Crippen molar-refractivity contribution in [1.82, 2.24) is 0 Å². The van der Waals surface area contributed by atoms with Crippen molar-refractivity contribution >= 4 is 12.0 Å². The molecule has 0 saturated carbocycles. The number of carboxylic acids is 1. The minimum absolute atomic E-state index is 0.351. The van der Waals surface area contributed by atoms with E-state index >= 15 is 0 Å². The van der Waals surface area contributed by atoms with Crippen molar-refractivity contribution in [3.8, 4) is 6.07 Å². The lowest BCUT2D eigenvalue weighted by molar-refractivity contribution is -0.132. The first-order valence-electron chi connectivity index (χ1n) is 3.74. The lowest BCUT2D eigenvalue weighted by Gasteiger charge is -1.93. The molecule has 0 amide bonds. The Morgan fingerprint density at radius 2 is 2.29 bits per heavy atom. The Morgan fingerprint density at radius 3 is 2.79 bits per heavy atom. The van der Waals surface area contributed by atoms with Crippen molar-refractivity contribution in [1.29, 1.82) is 5.26 Å². The highest BCUT2D eigenvalue weighted by Crippen LogP contribution is 2.08. The van der Waals surface area contributed by atoms with Gasteiger partial charge in [0.15, 0.2) is 0 Å². The Labute approximate surface area is 79.7 Å². The standard InChI is InChI=1S/C10H6FNO2/c11-9-3-1-2-7(5-9)4-8(6-12)10(13)14/h1-5H,(H,13,14)/b8-4-. The lowest BCUT2D eigenvalue weighted by atomic mass is 10.1. The molecule has 0 saturated heterocycles. The van der Waals surface area contributed by atoms with Crippen LogP contribution in [0.15, 0.2) is 29.8 Å². The zero-order valence-electron chi connectivity index (χ0n) is 7.07. The minimum atomic E-state index is -1.32. The summed E-state index contributed by atoms with van der Waals surface area (Å²) < 4.78 is 12.7. The van der Waals surface area contributed by atoms with Crippen molar-refractivity contribution in [3.63, 3.8) is 0 Å². The third-order valence-electron chi connectivity index (χ3n) is 1.51. The first-order valence-corrected chi connectivity index (χ1v) is 3.74. The smallest absolute Gasteiger partial charge is 0.346 e. The Morgan fingerprint density at radius 1 is 1.57 bits per heavy atom. The topological polar surface area (TPSA) is 61.1 Å². The lowest BCUT2D eigenvalue weighted by Crippen LogP contribution is -1.97. The number of carboxylic acid groups (broad SMARTS) is 1. The molecule has 0 fully saturated rings. The van der Waals surface area contributed by atoms with Crippen LogP contribution in [0.1, 0.15) is 5.56 Å². The summed E-state index contributed by atoms with van der Waals surface area (Å²) in [5.41, 5.74) is -0.0699. The molecule has 0 unspecified atom stereocenters. The normalized spacial score (nSPS) is 10.7. The quantitative estimate of drug-likeness (QED) is 0.572. The maximum absolute atomic E-state index is 12.7. The molecule has 0 radical (unpaired) electrons. The van der Waals surface area contributed by atoms with Crippen LogP contribution in [0.25, 0.3) is 6.08 Å². The van der Waals surface area contributed by atoms with Gasteiger partial charge in [0.05, 0.1) is 0 Å². The number of rotatable bonds is 2. The summed E-state index contributed by atoms with van der Waals surface area (Å²) in [6, 6.07) is 6.86. The minimum Gasteiger partial charge on any atom is -0.477 e. The van der Waals surface area contributed by atoms with Crippen molar-refractivity contribution in [3.05, 3.63) is 41.2 Å². The van der Waals surface area contributed by atoms with Crippen molar-refractivity contribution in [2.24, 2.45) is 0 Å². The zero-order valence-corrected chi connectivity index (χ0v) is 7.07. The van der Waals surface area contributed by atoms with Gasteiger partial charge < -0.3 is 5.11 Å². The van der Waals surface area contributed by atoms with Gasteiger partial charge in [-0.15, -0.1) is 0 Å². The van der Waals surface area contributed by atoms with Crippen LogP contribution < -0.4 is 0 Å². The van der Waals surface area contributed by atoms with E-state index in [-0.39, 0.29) is 0 Å². The van der Waals surface area contributed by atoms with Crippen LogP contribution in [0, 0.1) is 17.1 Å². The predicted molar refractivity (Wildman–Crippen MR) is 47.6 cm³/mol. The summed E-state index contributed by atoms with van der Waals surface area (Å²) >= 11 is 0. The predicted octanol–water partition coefficient (Wildman–Crippen LogP) is 1.82. The summed E-state index contributed by atoms with van der Waals surface area (Å²) in [7, 11) is 0. The second-order valence-corrected chi connectivity index (χ2v) is 2.53. The van der Waals surface area contributed by atoms with Gasteiger partial charge in [0, 0.05) is 0 Å². The first kappa shape index (κ1) is 9.93. The van der Waals surface area contributed by atoms with E-state index in [0.717, 1.165) is 12.1 Å². The SMILES string of the molecule is N#C/C(=C/c1cccc(F)c1)C(=O)O. The third-order valence-corrected chi connectivity index (χ3v) is 1.51. The number of aliphatic carboxylic acids is 1. The van der Waals surface area contributed by atoms with Gasteiger partial charge in [0.1, 0.15) is 17.5 Å². The molecule has 3 nitrogen and oxygen atoms in total. The monoisotopic (exact) mass is 191 g/mol. The van der Waals surface area contributed by atoms with Crippen LogP contribution in [0.2, 0.25) is 0 Å². The number of benzene rings is 1. The van der Waals surface area contributed by atoms with Gasteiger partial charge in [-0.2, -0.15) is 5.26 Å². The average molecular weight is 191 g/mol. The summed E-state index contributed by atoms with van der Waals surface area (Å²) in [5, 5.41) is 17.0. The molecular formula is C10H6FNO2. The fourth-order valence-electron chi connectivity index (χ4n) is 0.905. The van der Waals surface area contributed by atoms with E-state index < -0.39 is 17.4 Å². The highest BCUT2D eigenvalue weighted by atomic mass is 19.1. The van der Waals surface area contributed by atoms with Crippen LogP contribution in [0.5, 0.6) is 0 Å². The number of hydrogen-bond acceptors (Lipinski definition) is 2. The Hall–Kier alpha value is -2.15. The molecule has 1 aromatic carbocycles. The van der Waals surface area contributed by atoms with Crippen LogP contribution in [0.4, 0.5) is 4.39 Å². The summed E-state index contributed by atoms with van der Waals surface area (Å²) in [6.07, 6.45) is 1.12. The van der Waals surface area contributed by atoms with Crippen LogP contribution in [0.3, 0.4) is 0 Å².